The van der Waals surface area contributed by atoms with Crippen LogP contribution in [-0.4, -0.2) is 10.9 Å². The van der Waals surface area contributed by atoms with Crippen LogP contribution in [-0.2, 0) is 12.8 Å². The summed E-state index contributed by atoms with van der Waals surface area (Å²) < 4.78 is 0. The maximum absolute atomic E-state index is 13.1. The maximum Gasteiger partial charge on any atom is 0.267 e. The summed E-state index contributed by atoms with van der Waals surface area (Å²) in [6.45, 7) is 1.98. The first-order valence-electron chi connectivity index (χ1n) is 9.78. The number of nitrogens with one attached hydrogen (secondary N) is 1. The van der Waals surface area contributed by atoms with E-state index in [4.69, 9.17) is 10.7 Å². The summed E-state index contributed by atoms with van der Waals surface area (Å²) in [5, 5.41) is 6.04. The normalized spacial score (nSPS) is 13.4. The SMILES string of the molecule is Cc1ccccc1NC(=O)c1sc2nc3c(c(-c4cccs4)c2c1N)CCCC3. The van der Waals surface area contributed by atoms with Crippen LogP contribution in [0.25, 0.3) is 20.7 Å². The molecule has 3 aromatic heterocycles. The smallest absolute Gasteiger partial charge is 0.267 e. The first-order valence-corrected chi connectivity index (χ1v) is 11.5. The van der Waals surface area contributed by atoms with Crippen LogP contribution >= 0.6 is 22.7 Å². The predicted molar refractivity (Wildman–Crippen MR) is 123 cm³/mol. The number of amides is 1. The lowest BCUT2D eigenvalue weighted by Gasteiger charge is -2.19. The van der Waals surface area contributed by atoms with Gasteiger partial charge in [0, 0.05) is 27.2 Å². The van der Waals surface area contributed by atoms with Crippen molar-refractivity contribution >= 4 is 50.2 Å². The maximum atomic E-state index is 13.1. The predicted octanol–water partition coefficient (Wildman–Crippen LogP) is 6.05. The molecule has 3 N–H and O–H groups in total. The molecule has 1 aliphatic carbocycles. The highest BCUT2D eigenvalue weighted by Gasteiger charge is 2.26. The summed E-state index contributed by atoms with van der Waals surface area (Å²) in [6.07, 6.45) is 4.35. The number of benzene rings is 1. The number of thiophene rings is 2. The summed E-state index contributed by atoms with van der Waals surface area (Å²) >= 11 is 3.11. The van der Waals surface area contributed by atoms with Gasteiger partial charge in [-0.15, -0.1) is 22.7 Å². The van der Waals surface area contributed by atoms with E-state index in [1.807, 2.05) is 31.2 Å². The van der Waals surface area contributed by atoms with Gasteiger partial charge < -0.3 is 11.1 Å². The average Bonchev–Trinajstić information content (AvgIpc) is 3.37. The lowest BCUT2D eigenvalue weighted by Crippen LogP contribution is -2.12. The molecule has 1 aliphatic rings. The molecule has 0 radical (unpaired) electrons. The Balaban J connectivity index is 1.67. The summed E-state index contributed by atoms with van der Waals surface area (Å²) in [4.78, 5) is 20.6. The average molecular weight is 420 g/mol. The molecule has 6 heteroatoms. The van der Waals surface area contributed by atoms with Crippen molar-refractivity contribution in [2.45, 2.75) is 32.6 Å². The van der Waals surface area contributed by atoms with Crippen LogP contribution in [0.2, 0.25) is 0 Å². The van der Waals surface area contributed by atoms with Crippen LogP contribution in [0.5, 0.6) is 0 Å². The summed E-state index contributed by atoms with van der Waals surface area (Å²) in [5.74, 6) is -0.171. The summed E-state index contributed by atoms with van der Waals surface area (Å²) in [7, 11) is 0. The molecular formula is C23H21N3OS2. The quantitative estimate of drug-likeness (QED) is 0.425. The summed E-state index contributed by atoms with van der Waals surface area (Å²) in [6, 6.07) is 12.0. The van der Waals surface area contributed by atoms with Crippen molar-refractivity contribution in [3.63, 3.8) is 0 Å². The fourth-order valence-corrected chi connectivity index (χ4v) is 5.88. The van der Waals surface area contributed by atoms with Gasteiger partial charge in [-0.2, -0.15) is 0 Å². The monoisotopic (exact) mass is 419 g/mol. The molecule has 0 bridgehead atoms. The van der Waals surface area contributed by atoms with E-state index in [9.17, 15) is 4.79 Å². The third kappa shape index (κ3) is 3.12. The van der Waals surface area contributed by atoms with Gasteiger partial charge in [-0.1, -0.05) is 24.3 Å². The van der Waals surface area contributed by atoms with Crippen molar-refractivity contribution in [1.82, 2.24) is 4.98 Å². The van der Waals surface area contributed by atoms with Crippen LogP contribution < -0.4 is 11.1 Å². The van der Waals surface area contributed by atoms with Crippen LogP contribution in [0.1, 0.15) is 39.3 Å². The molecule has 1 amide bonds. The third-order valence-electron chi connectivity index (χ3n) is 5.52. The van der Waals surface area contributed by atoms with Gasteiger partial charge in [-0.05, 0) is 61.2 Å². The van der Waals surface area contributed by atoms with Crippen molar-refractivity contribution < 1.29 is 4.79 Å². The van der Waals surface area contributed by atoms with Crippen LogP contribution in [0.3, 0.4) is 0 Å². The largest absolute Gasteiger partial charge is 0.397 e. The molecule has 5 rings (SSSR count). The second-order valence-electron chi connectivity index (χ2n) is 7.39. The molecule has 0 saturated heterocycles. The number of fused-ring (bicyclic) bond motifs is 2. The topological polar surface area (TPSA) is 68.0 Å². The van der Waals surface area contributed by atoms with E-state index in [-0.39, 0.29) is 5.91 Å². The highest BCUT2D eigenvalue weighted by molar-refractivity contribution is 7.21. The molecule has 4 nitrogen and oxygen atoms in total. The second-order valence-corrected chi connectivity index (χ2v) is 9.34. The fourth-order valence-electron chi connectivity index (χ4n) is 4.06. The number of aromatic nitrogens is 1. The van der Waals surface area contributed by atoms with Crippen molar-refractivity contribution in [3.05, 3.63) is 63.5 Å². The Morgan fingerprint density at radius 3 is 2.76 bits per heavy atom. The zero-order chi connectivity index (χ0) is 20.0. The molecule has 0 atom stereocenters. The number of hydrogen-bond donors (Lipinski definition) is 2. The standard InChI is InChI=1S/C23H21N3OS2/c1-13-7-2-4-9-15(13)25-22(27)21-20(24)19-18(17-11-6-12-28-17)14-8-3-5-10-16(14)26-23(19)29-21/h2,4,6-7,9,11-12H,3,5,8,10,24H2,1H3,(H,25,27). The van der Waals surface area contributed by atoms with E-state index in [1.54, 1.807) is 11.3 Å². The van der Waals surface area contributed by atoms with Crippen molar-refractivity contribution in [2.24, 2.45) is 0 Å². The molecule has 0 aliphatic heterocycles. The molecule has 3 heterocycles. The van der Waals surface area contributed by atoms with E-state index in [0.717, 1.165) is 40.7 Å². The van der Waals surface area contributed by atoms with Crippen LogP contribution in [0.4, 0.5) is 11.4 Å². The molecule has 0 fully saturated rings. The summed E-state index contributed by atoms with van der Waals surface area (Å²) in [5.41, 5.74) is 12.6. The molecular weight excluding hydrogens is 398 g/mol. The first-order chi connectivity index (χ1) is 14.1. The van der Waals surface area contributed by atoms with Gasteiger partial charge in [0.2, 0.25) is 0 Å². The van der Waals surface area contributed by atoms with E-state index in [1.165, 1.54) is 39.5 Å². The third-order valence-corrected chi connectivity index (χ3v) is 7.51. The number of pyridine rings is 1. The Hall–Kier alpha value is -2.70. The van der Waals surface area contributed by atoms with Gasteiger partial charge in [0.25, 0.3) is 5.91 Å². The van der Waals surface area contributed by atoms with Gasteiger partial charge in [0.15, 0.2) is 0 Å². The number of nitrogen functional groups attached to an aromatic ring is 1. The molecule has 29 heavy (non-hydrogen) atoms. The molecule has 0 unspecified atom stereocenters. The number of nitrogens with two attached hydrogens (primary N) is 1. The van der Waals surface area contributed by atoms with Gasteiger partial charge in [-0.3, -0.25) is 4.79 Å². The number of anilines is 2. The highest BCUT2D eigenvalue weighted by atomic mass is 32.1. The molecule has 4 aromatic rings. The lowest BCUT2D eigenvalue weighted by atomic mass is 9.90. The Morgan fingerprint density at radius 1 is 1.14 bits per heavy atom. The number of rotatable bonds is 3. The number of nitrogens with zero attached hydrogens (tertiary/aromatic N) is 1. The Bertz CT molecular complexity index is 1220. The van der Waals surface area contributed by atoms with Crippen molar-refractivity contribution in [3.8, 4) is 10.4 Å². The first kappa shape index (κ1) is 18.3. The number of carbonyl (C=O) groups excluding carboxylic acids is 1. The molecule has 146 valence electrons. The Kier molecular flexibility index (Phi) is 4.60. The molecule has 0 spiro atoms. The Morgan fingerprint density at radius 2 is 1.97 bits per heavy atom. The van der Waals surface area contributed by atoms with E-state index >= 15 is 0 Å². The van der Waals surface area contributed by atoms with Crippen molar-refractivity contribution in [1.29, 1.82) is 0 Å². The number of aryl methyl sites for hydroxylation is 2. The number of para-hydroxylation sites is 1. The van der Waals surface area contributed by atoms with Gasteiger partial charge in [0.05, 0.1) is 5.69 Å². The number of carbonyl (C=O) groups is 1. The molecule has 1 aromatic carbocycles. The lowest BCUT2D eigenvalue weighted by molar-refractivity contribution is 0.103. The van der Waals surface area contributed by atoms with Crippen molar-refractivity contribution in [2.75, 3.05) is 11.1 Å². The van der Waals surface area contributed by atoms with Gasteiger partial charge >= 0.3 is 0 Å². The molecule has 0 saturated carbocycles. The highest BCUT2D eigenvalue weighted by Crippen LogP contribution is 2.45. The van der Waals surface area contributed by atoms with E-state index < -0.39 is 0 Å². The number of hydrogen-bond acceptors (Lipinski definition) is 5. The minimum atomic E-state index is -0.171. The van der Waals surface area contributed by atoms with Crippen LogP contribution in [0.15, 0.2) is 41.8 Å². The van der Waals surface area contributed by atoms with Gasteiger partial charge in [-0.25, -0.2) is 4.98 Å². The van der Waals surface area contributed by atoms with E-state index in [2.05, 4.69) is 22.8 Å². The van der Waals surface area contributed by atoms with Gasteiger partial charge in [0.1, 0.15) is 9.71 Å². The fraction of sp³-hybridized carbons (Fsp3) is 0.217. The van der Waals surface area contributed by atoms with E-state index in [0.29, 0.717) is 10.6 Å². The zero-order valence-electron chi connectivity index (χ0n) is 16.1. The zero-order valence-corrected chi connectivity index (χ0v) is 17.8. The van der Waals surface area contributed by atoms with Crippen LogP contribution in [0, 0.1) is 6.92 Å². The minimum Gasteiger partial charge on any atom is -0.397 e. The second kappa shape index (κ2) is 7.28. The minimum absolute atomic E-state index is 0.171. The Labute approximate surface area is 177 Å².